The number of aliphatic hydroxyl groups is 1. The number of nitrogens with two attached hydrogens (primary N) is 1. The minimum Gasteiger partial charge on any atom is -0.371 e. The number of likely N-dealkylation sites (N-methyl/N-ethyl adjacent to an activating group) is 1. The summed E-state index contributed by atoms with van der Waals surface area (Å²) in [6, 6.07) is 8.92. The van der Waals surface area contributed by atoms with Crippen LogP contribution < -0.4 is 5.73 Å². The number of rotatable bonds is 4. The highest BCUT2D eigenvalue weighted by Gasteiger charge is 2.45. The Morgan fingerprint density at radius 1 is 1.19 bits per heavy atom. The summed E-state index contributed by atoms with van der Waals surface area (Å²) in [5.74, 6) is -1.61. The minimum absolute atomic E-state index is 0.103. The molecule has 0 radical (unpaired) electrons. The van der Waals surface area contributed by atoms with Crippen LogP contribution in [0.2, 0.25) is 0 Å². The molecule has 6 heteroatoms. The average molecular weight is 291 g/mol. The second-order valence-corrected chi connectivity index (χ2v) is 5.48. The number of piperazine rings is 1. The topological polar surface area (TPSA) is 86.9 Å². The first-order chi connectivity index (χ1) is 9.93. The number of carbonyl (C=O) groups excluding carboxylic acids is 2. The van der Waals surface area contributed by atoms with Gasteiger partial charge >= 0.3 is 0 Å². The van der Waals surface area contributed by atoms with Crippen molar-refractivity contribution >= 4 is 11.8 Å². The summed E-state index contributed by atoms with van der Waals surface area (Å²) in [7, 11) is 1.96. The fourth-order valence-electron chi connectivity index (χ4n) is 2.43. The smallest absolute Gasteiger partial charge is 0.264 e. The van der Waals surface area contributed by atoms with Gasteiger partial charge in [-0.05, 0) is 12.6 Å². The molecular weight excluding hydrogens is 270 g/mol. The van der Waals surface area contributed by atoms with E-state index in [0.29, 0.717) is 31.7 Å². The largest absolute Gasteiger partial charge is 0.371 e. The molecule has 3 N–H and O–H groups in total. The first-order valence-electron chi connectivity index (χ1n) is 6.97. The van der Waals surface area contributed by atoms with Crippen molar-refractivity contribution in [2.24, 2.45) is 5.73 Å². The summed E-state index contributed by atoms with van der Waals surface area (Å²) in [6.07, 6.45) is -0.103. The molecule has 0 saturated carbocycles. The third-order valence-corrected chi connectivity index (χ3v) is 3.85. The Balaban J connectivity index is 2.17. The van der Waals surface area contributed by atoms with Crippen LogP contribution in [0.5, 0.6) is 0 Å². The Morgan fingerprint density at radius 2 is 1.76 bits per heavy atom. The molecular formula is C15H21N3O3. The van der Waals surface area contributed by atoms with Crippen LogP contribution in [0.3, 0.4) is 0 Å². The van der Waals surface area contributed by atoms with Crippen molar-refractivity contribution in [3.05, 3.63) is 35.9 Å². The quantitative estimate of drug-likeness (QED) is 0.713. The maximum atomic E-state index is 12.5. The molecule has 114 valence electrons. The Morgan fingerprint density at radius 3 is 2.29 bits per heavy atom. The van der Waals surface area contributed by atoms with Crippen LogP contribution in [-0.4, -0.2) is 65.5 Å². The van der Waals surface area contributed by atoms with Crippen LogP contribution in [0, 0.1) is 0 Å². The van der Waals surface area contributed by atoms with Gasteiger partial charge in [0.1, 0.15) is 0 Å². The van der Waals surface area contributed by atoms with Crippen molar-refractivity contribution in [2.75, 3.05) is 33.2 Å². The molecule has 1 atom stereocenters. The van der Waals surface area contributed by atoms with E-state index in [0.717, 1.165) is 0 Å². The second-order valence-electron chi connectivity index (χ2n) is 5.48. The third-order valence-electron chi connectivity index (χ3n) is 3.85. The van der Waals surface area contributed by atoms with Crippen molar-refractivity contribution in [3.8, 4) is 0 Å². The normalized spacial score (nSPS) is 19.0. The molecule has 1 aliphatic rings. The molecule has 1 saturated heterocycles. The summed E-state index contributed by atoms with van der Waals surface area (Å²) in [4.78, 5) is 27.8. The molecule has 21 heavy (non-hydrogen) atoms. The van der Waals surface area contributed by atoms with Crippen LogP contribution in [-0.2, 0) is 16.0 Å². The lowest BCUT2D eigenvalue weighted by Gasteiger charge is -2.36. The fourth-order valence-corrected chi connectivity index (χ4v) is 2.43. The first-order valence-corrected chi connectivity index (χ1v) is 6.97. The predicted molar refractivity (Wildman–Crippen MR) is 78.4 cm³/mol. The van der Waals surface area contributed by atoms with Gasteiger partial charge < -0.3 is 20.6 Å². The summed E-state index contributed by atoms with van der Waals surface area (Å²) >= 11 is 0. The predicted octanol–water partition coefficient (Wildman–Crippen LogP) is -0.780. The monoisotopic (exact) mass is 291 g/mol. The molecule has 0 aromatic heterocycles. The molecule has 0 bridgehead atoms. The molecule has 1 aliphatic heterocycles. The number of nitrogens with zero attached hydrogens (tertiary/aromatic N) is 2. The van der Waals surface area contributed by atoms with Gasteiger partial charge in [-0.3, -0.25) is 9.59 Å². The van der Waals surface area contributed by atoms with Gasteiger partial charge in [0.2, 0.25) is 5.60 Å². The molecule has 0 unspecified atom stereocenters. The van der Waals surface area contributed by atoms with Gasteiger partial charge in [-0.2, -0.15) is 0 Å². The van der Waals surface area contributed by atoms with E-state index in [2.05, 4.69) is 4.90 Å². The van der Waals surface area contributed by atoms with Crippen molar-refractivity contribution in [1.82, 2.24) is 9.80 Å². The summed E-state index contributed by atoms with van der Waals surface area (Å²) in [5, 5.41) is 10.5. The van der Waals surface area contributed by atoms with Gasteiger partial charge in [0, 0.05) is 32.6 Å². The van der Waals surface area contributed by atoms with Crippen LogP contribution in [0.1, 0.15) is 5.56 Å². The number of hydrogen-bond donors (Lipinski definition) is 2. The third kappa shape index (κ3) is 3.40. The first kappa shape index (κ1) is 15.5. The van der Waals surface area contributed by atoms with E-state index in [1.807, 2.05) is 13.1 Å². The molecule has 0 spiro atoms. The molecule has 1 aromatic rings. The van der Waals surface area contributed by atoms with Crippen molar-refractivity contribution in [2.45, 2.75) is 12.0 Å². The molecule has 0 aliphatic carbocycles. The summed E-state index contributed by atoms with van der Waals surface area (Å²) < 4.78 is 0. The van der Waals surface area contributed by atoms with Crippen molar-refractivity contribution in [3.63, 3.8) is 0 Å². The van der Waals surface area contributed by atoms with E-state index in [9.17, 15) is 14.7 Å². The minimum atomic E-state index is -2.18. The zero-order valence-electron chi connectivity index (χ0n) is 12.2. The molecule has 1 aromatic carbocycles. The Labute approximate surface area is 124 Å². The van der Waals surface area contributed by atoms with E-state index in [1.54, 1.807) is 24.3 Å². The zero-order valence-corrected chi connectivity index (χ0v) is 12.2. The van der Waals surface area contributed by atoms with Crippen LogP contribution in [0.4, 0.5) is 0 Å². The summed E-state index contributed by atoms with van der Waals surface area (Å²) in [5.41, 5.74) is 3.82. The average Bonchev–Trinajstić information content (AvgIpc) is 2.48. The van der Waals surface area contributed by atoms with E-state index in [1.165, 1.54) is 4.90 Å². The van der Waals surface area contributed by atoms with Crippen molar-refractivity contribution < 1.29 is 14.7 Å². The Kier molecular flexibility index (Phi) is 4.59. The molecule has 1 fully saturated rings. The molecule has 1 heterocycles. The number of hydrogen-bond acceptors (Lipinski definition) is 4. The second kappa shape index (κ2) is 6.24. The molecule has 2 amide bonds. The molecule has 6 nitrogen and oxygen atoms in total. The van der Waals surface area contributed by atoms with Crippen LogP contribution in [0.25, 0.3) is 0 Å². The number of primary amides is 1. The van der Waals surface area contributed by atoms with Gasteiger partial charge in [-0.1, -0.05) is 30.3 Å². The highest BCUT2D eigenvalue weighted by atomic mass is 16.3. The van der Waals surface area contributed by atoms with E-state index < -0.39 is 17.4 Å². The van der Waals surface area contributed by atoms with Crippen molar-refractivity contribution in [1.29, 1.82) is 0 Å². The fraction of sp³-hybridized carbons (Fsp3) is 0.467. The SMILES string of the molecule is CN1CCN(C(=O)[C@@](O)(Cc2ccccc2)C(N)=O)CC1. The number of benzene rings is 1. The molecule has 2 rings (SSSR count). The lowest BCUT2D eigenvalue weighted by atomic mass is 9.92. The standard InChI is InChI=1S/C15H21N3O3/c1-17-7-9-18(10-8-17)14(20)15(21,13(16)19)11-12-5-3-2-4-6-12/h2-6,21H,7-11H2,1H3,(H2,16,19)/t15-/m1/s1. The summed E-state index contributed by atoms with van der Waals surface area (Å²) in [6.45, 7) is 2.40. The van der Waals surface area contributed by atoms with Crippen LogP contribution in [0.15, 0.2) is 30.3 Å². The van der Waals surface area contributed by atoms with Crippen LogP contribution >= 0.6 is 0 Å². The lowest BCUT2D eigenvalue weighted by Crippen LogP contribution is -2.61. The van der Waals surface area contributed by atoms with E-state index in [4.69, 9.17) is 5.73 Å². The van der Waals surface area contributed by atoms with Gasteiger partial charge in [-0.15, -0.1) is 0 Å². The lowest BCUT2D eigenvalue weighted by molar-refractivity contribution is -0.160. The van der Waals surface area contributed by atoms with E-state index in [-0.39, 0.29) is 6.42 Å². The Bertz CT molecular complexity index is 512. The van der Waals surface area contributed by atoms with Gasteiger partial charge in [0.05, 0.1) is 0 Å². The van der Waals surface area contributed by atoms with Gasteiger partial charge in [0.25, 0.3) is 11.8 Å². The van der Waals surface area contributed by atoms with Gasteiger partial charge in [0.15, 0.2) is 0 Å². The maximum Gasteiger partial charge on any atom is 0.264 e. The number of amides is 2. The zero-order chi connectivity index (χ0) is 15.5. The van der Waals surface area contributed by atoms with Gasteiger partial charge in [-0.25, -0.2) is 0 Å². The number of carbonyl (C=O) groups is 2. The van der Waals surface area contributed by atoms with E-state index >= 15 is 0 Å². The maximum absolute atomic E-state index is 12.5. The Hall–Kier alpha value is -1.92. The highest BCUT2D eigenvalue weighted by Crippen LogP contribution is 2.18. The highest BCUT2D eigenvalue weighted by molar-refractivity contribution is 6.07.